The van der Waals surface area contributed by atoms with Gasteiger partial charge in [0, 0.05) is 11.3 Å². The molecule has 0 fully saturated rings. The number of Topliss-reactive ketones (excluding diaryl/α,β-unsaturated/α-hetero) is 1. The third-order valence-electron chi connectivity index (χ3n) is 5.07. The zero-order valence-electron chi connectivity index (χ0n) is 16.5. The van der Waals surface area contributed by atoms with Gasteiger partial charge in [0.1, 0.15) is 6.33 Å². The number of hydrogen-bond acceptors (Lipinski definition) is 4. The Hall–Kier alpha value is -2.40. The Kier molecular flexibility index (Phi) is 5.80. The van der Waals surface area contributed by atoms with Crippen LogP contribution in [0.25, 0.3) is 0 Å². The smallest absolute Gasteiger partial charge is 0.191 e. The Balaban J connectivity index is 1.86. The fourth-order valence-corrected chi connectivity index (χ4v) is 4.80. The second kappa shape index (κ2) is 8.09. The van der Waals surface area contributed by atoms with Gasteiger partial charge in [0.2, 0.25) is 0 Å². The van der Waals surface area contributed by atoms with Crippen molar-refractivity contribution in [3.63, 3.8) is 0 Å². The van der Waals surface area contributed by atoms with Crippen molar-refractivity contribution in [2.75, 3.05) is 0 Å². The van der Waals surface area contributed by atoms with Crippen molar-refractivity contribution < 1.29 is 4.79 Å². The van der Waals surface area contributed by atoms with E-state index in [9.17, 15) is 4.79 Å². The van der Waals surface area contributed by atoms with E-state index in [4.69, 9.17) is 0 Å². The Morgan fingerprint density at radius 2 is 1.85 bits per heavy atom. The van der Waals surface area contributed by atoms with Crippen LogP contribution in [-0.4, -0.2) is 20.5 Å². The summed E-state index contributed by atoms with van der Waals surface area (Å²) in [5, 5.41) is 9.33. The van der Waals surface area contributed by atoms with Crippen LogP contribution in [0.4, 0.5) is 0 Å². The molecule has 3 rings (SSSR count). The number of aryl methyl sites for hydroxylation is 2. The molecule has 0 aliphatic carbocycles. The van der Waals surface area contributed by atoms with E-state index in [-0.39, 0.29) is 11.8 Å². The van der Waals surface area contributed by atoms with Gasteiger partial charge in [-0.25, -0.2) is 0 Å². The van der Waals surface area contributed by atoms with Gasteiger partial charge in [-0.2, -0.15) is 0 Å². The van der Waals surface area contributed by atoms with Crippen molar-refractivity contribution in [2.24, 2.45) is 0 Å². The second-order valence-corrected chi connectivity index (χ2v) is 7.88. The molecule has 0 unspecified atom stereocenters. The predicted octanol–water partition coefficient (Wildman–Crippen LogP) is 5.31. The summed E-state index contributed by atoms with van der Waals surface area (Å²) >= 11 is 1.66. The molecule has 0 saturated heterocycles. The third-order valence-corrected chi connectivity index (χ3v) is 6.05. The summed E-state index contributed by atoms with van der Waals surface area (Å²) in [7, 11) is 0. The maximum atomic E-state index is 12.1. The molecule has 1 aromatic heterocycles. The lowest BCUT2D eigenvalue weighted by molar-refractivity contribution is 0.101. The zero-order valence-corrected chi connectivity index (χ0v) is 17.3. The Bertz CT molecular complexity index is 963. The standard InChI is InChI=1S/C22H25N3OS/c1-14-11-15(2)21(18(5)26)16(3)20(14)12-27-22-24-23-13-25(22)17(4)19-9-7-6-8-10-19/h6-11,13,17H,12H2,1-5H3/t17-/m0/s1. The molecule has 1 atom stereocenters. The maximum absolute atomic E-state index is 12.1. The predicted molar refractivity (Wildman–Crippen MR) is 110 cm³/mol. The molecule has 0 spiro atoms. The monoisotopic (exact) mass is 379 g/mol. The second-order valence-electron chi connectivity index (χ2n) is 6.94. The normalized spacial score (nSPS) is 12.2. The quantitative estimate of drug-likeness (QED) is 0.430. The first-order chi connectivity index (χ1) is 12.9. The molecule has 0 N–H and O–H groups in total. The van der Waals surface area contributed by atoms with Crippen molar-refractivity contribution >= 4 is 17.5 Å². The lowest BCUT2D eigenvalue weighted by atomic mass is 9.92. The topological polar surface area (TPSA) is 47.8 Å². The van der Waals surface area contributed by atoms with Gasteiger partial charge >= 0.3 is 0 Å². The van der Waals surface area contributed by atoms with Crippen LogP contribution in [0.1, 0.15) is 58.1 Å². The van der Waals surface area contributed by atoms with Crippen molar-refractivity contribution in [2.45, 2.75) is 51.6 Å². The van der Waals surface area contributed by atoms with Crippen LogP contribution < -0.4 is 0 Å². The van der Waals surface area contributed by atoms with Crippen LogP contribution in [0.3, 0.4) is 0 Å². The molecule has 0 aliphatic rings. The van der Waals surface area contributed by atoms with E-state index in [1.807, 2.05) is 32.0 Å². The van der Waals surface area contributed by atoms with E-state index in [0.717, 1.165) is 27.6 Å². The molecule has 5 heteroatoms. The Morgan fingerprint density at radius 1 is 1.15 bits per heavy atom. The maximum Gasteiger partial charge on any atom is 0.191 e. The van der Waals surface area contributed by atoms with Gasteiger partial charge in [-0.3, -0.25) is 4.79 Å². The molecule has 0 radical (unpaired) electrons. The fourth-order valence-electron chi connectivity index (χ4n) is 3.62. The summed E-state index contributed by atoms with van der Waals surface area (Å²) in [5.74, 6) is 0.885. The van der Waals surface area contributed by atoms with Gasteiger partial charge in [-0.1, -0.05) is 48.2 Å². The van der Waals surface area contributed by atoms with E-state index in [2.05, 4.69) is 46.8 Å². The van der Waals surface area contributed by atoms with Crippen molar-refractivity contribution in [1.82, 2.24) is 14.8 Å². The lowest BCUT2D eigenvalue weighted by Gasteiger charge is -2.17. The molecule has 0 aliphatic heterocycles. The summed E-state index contributed by atoms with van der Waals surface area (Å²) in [6, 6.07) is 12.6. The van der Waals surface area contributed by atoms with Gasteiger partial charge in [0.05, 0.1) is 6.04 Å². The summed E-state index contributed by atoms with van der Waals surface area (Å²) in [4.78, 5) is 12.1. The summed E-state index contributed by atoms with van der Waals surface area (Å²) in [6.45, 7) is 9.95. The van der Waals surface area contributed by atoms with Crippen LogP contribution in [0, 0.1) is 20.8 Å². The first kappa shape index (κ1) is 19.4. The van der Waals surface area contributed by atoms with Crippen LogP contribution in [0.15, 0.2) is 47.9 Å². The van der Waals surface area contributed by atoms with Gasteiger partial charge in [-0.15, -0.1) is 10.2 Å². The van der Waals surface area contributed by atoms with Gasteiger partial charge in [-0.05, 0) is 62.4 Å². The molecule has 0 saturated carbocycles. The van der Waals surface area contributed by atoms with Crippen LogP contribution in [-0.2, 0) is 5.75 Å². The van der Waals surface area contributed by atoms with E-state index < -0.39 is 0 Å². The van der Waals surface area contributed by atoms with Crippen molar-refractivity contribution in [3.8, 4) is 0 Å². The number of carbonyl (C=O) groups is 1. The highest BCUT2D eigenvalue weighted by Gasteiger charge is 2.17. The van der Waals surface area contributed by atoms with Crippen molar-refractivity contribution in [1.29, 1.82) is 0 Å². The van der Waals surface area contributed by atoms with Gasteiger partial charge in [0.25, 0.3) is 0 Å². The van der Waals surface area contributed by atoms with E-state index in [1.165, 1.54) is 16.7 Å². The highest BCUT2D eigenvalue weighted by molar-refractivity contribution is 7.98. The Morgan fingerprint density at radius 3 is 2.52 bits per heavy atom. The molecule has 140 valence electrons. The van der Waals surface area contributed by atoms with Crippen LogP contribution in [0.5, 0.6) is 0 Å². The Labute approximate surface area is 165 Å². The van der Waals surface area contributed by atoms with Gasteiger partial charge < -0.3 is 4.57 Å². The van der Waals surface area contributed by atoms with Crippen molar-refractivity contribution in [3.05, 3.63) is 76.1 Å². The molecule has 3 aromatic rings. The molecular formula is C22H25N3OS. The number of thioether (sulfide) groups is 1. The third kappa shape index (κ3) is 3.98. The molecule has 1 heterocycles. The summed E-state index contributed by atoms with van der Waals surface area (Å²) < 4.78 is 2.10. The SMILES string of the molecule is CC(=O)c1c(C)cc(C)c(CSc2nncn2[C@@H](C)c2ccccc2)c1C. The number of aromatic nitrogens is 3. The average molecular weight is 380 g/mol. The highest BCUT2D eigenvalue weighted by atomic mass is 32.2. The average Bonchev–Trinajstić information content (AvgIpc) is 3.09. The zero-order chi connectivity index (χ0) is 19.6. The van der Waals surface area contributed by atoms with E-state index in [0.29, 0.717) is 0 Å². The molecular weight excluding hydrogens is 354 g/mol. The number of nitrogens with zero attached hydrogens (tertiary/aromatic N) is 3. The first-order valence-electron chi connectivity index (χ1n) is 9.08. The summed E-state index contributed by atoms with van der Waals surface area (Å²) in [6.07, 6.45) is 1.79. The number of ketones is 1. The number of hydrogen-bond donors (Lipinski definition) is 0. The molecule has 27 heavy (non-hydrogen) atoms. The summed E-state index contributed by atoms with van der Waals surface area (Å²) in [5.41, 5.74) is 6.61. The minimum atomic E-state index is 0.122. The number of benzene rings is 2. The largest absolute Gasteiger partial charge is 0.301 e. The van der Waals surface area contributed by atoms with Crippen LogP contribution >= 0.6 is 11.8 Å². The minimum Gasteiger partial charge on any atom is -0.301 e. The number of carbonyl (C=O) groups excluding carboxylic acids is 1. The molecule has 2 aromatic carbocycles. The highest BCUT2D eigenvalue weighted by Crippen LogP contribution is 2.31. The number of rotatable bonds is 6. The minimum absolute atomic E-state index is 0.122. The van der Waals surface area contributed by atoms with E-state index in [1.54, 1.807) is 25.0 Å². The molecule has 0 amide bonds. The van der Waals surface area contributed by atoms with Gasteiger partial charge in [0.15, 0.2) is 10.9 Å². The van der Waals surface area contributed by atoms with E-state index >= 15 is 0 Å². The fraction of sp³-hybridized carbons (Fsp3) is 0.318. The first-order valence-corrected chi connectivity index (χ1v) is 10.1. The molecule has 4 nitrogen and oxygen atoms in total. The molecule has 0 bridgehead atoms. The van der Waals surface area contributed by atoms with Crippen LogP contribution in [0.2, 0.25) is 0 Å². The lowest BCUT2D eigenvalue weighted by Crippen LogP contribution is -2.08.